The SMILES string of the molecule is CC/C=C\C/C=C\C/C=C\C/C=C\C/C=C\CCCCCC(=O)OCC(COP(=O)(O)OCC(O)COP(=O)(O)OCC(COC(=O)CCCCCCCC/C=C\C/C=C\C/C=C\CCCCC)OC(=O)CCCCCCCCCCCCC)OC(=O)CCCC/C=C\C/C=C\C/C=C\C/C=C\CC. The highest BCUT2D eigenvalue weighted by Crippen LogP contribution is 2.45. The molecule has 0 aliphatic heterocycles. The standard InChI is InChI=1S/C85H142O17P2/c1-5-9-13-17-21-25-29-32-35-37-39-41-44-46-50-53-57-61-65-69-82(87)95-75-80(101-84(89)71-67-63-59-55-49-28-24-20-16-12-8-4)77-99-103(91,92)97-73-79(86)74-98-104(93,94)100-78-81(102-85(90)72-68-64-60-56-52-48-43-34-31-27-23-19-15-11-7-3)76-96-83(88)70-66-62-58-54-51-47-45-42-40-38-36-33-30-26-22-18-14-10-6-2/h10-11,14-15,21-23,25-27,32-36,39-43,47,51-52,56,79-81,86H,5-9,12-13,16-20,24,28-31,37-38,44-46,48-50,53-55,57-78H2,1-4H3,(H,91,92)(H,93,94)/b14-10-,15-11-,25-21-,26-22-,27-23-,35-32-,36-33-,41-39-,42-40-,43-34-,51-47-,56-52-. The van der Waals surface area contributed by atoms with Gasteiger partial charge in [-0.15, -0.1) is 0 Å². The van der Waals surface area contributed by atoms with Crippen molar-refractivity contribution in [3.8, 4) is 0 Å². The number of carbonyl (C=O) groups excluding carboxylic acids is 4. The first-order chi connectivity index (χ1) is 50.7. The van der Waals surface area contributed by atoms with Gasteiger partial charge in [0.1, 0.15) is 19.3 Å². The molecule has 0 amide bonds. The number of phosphoric acid groups is 2. The Morgan fingerprint density at radius 2 is 0.500 bits per heavy atom. The predicted molar refractivity (Wildman–Crippen MR) is 427 cm³/mol. The number of allylic oxidation sites excluding steroid dienone is 24. The Balaban J connectivity index is 5.39. The van der Waals surface area contributed by atoms with Crippen LogP contribution in [-0.4, -0.2) is 96.7 Å². The monoisotopic (exact) mass is 1500 g/mol. The van der Waals surface area contributed by atoms with Gasteiger partial charge in [0, 0.05) is 25.7 Å². The molecule has 0 bridgehead atoms. The van der Waals surface area contributed by atoms with Crippen LogP contribution in [-0.2, 0) is 65.4 Å². The Bertz CT molecular complexity index is 2540. The smallest absolute Gasteiger partial charge is 0.462 e. The van der Waals surface area contributed by atoms with Crippen LogP contribution in [0, 0.1) is 0 Å². The summed E-state index contributed by atoms with van der Waals surface area (Å²) in [5, 5.41) is 10.6. The number of rotatable bonds is 74. The fraction of sp³-hybridized carbons (Fsp3) is 0.671. The normalized spacial score (nSPS) is 14.6. The van der Waals surface area contributed by atoms with E-state index >= 15 is 0 Å². The van der Waals surface area contributed by atoms with E-state index in [9.17, 15) is 43.2 Å². The zero-order chi connectivity index (χ0) is 76.0. The van der Waals surface area contributed by atoms with Crippen molar-refractivity contribution in [1.82, 2.24) is 0 Å². The molecule has 0 aliphatic carbocycles. The molecule has 5 atom stereocenters. The van der Waals surface area contributed by atoms with Crippen LogP contribution in [0.1, 0.15) is 310 Å². The van der Waals surface area contributed by atoms with Crippen LogP contribution in [0.5, 0.6) is 0 Å². The summed E-state index contributed by atoms with van der Waals surface area (Å²) in [4.78, 5) is 73.0. The highest BCUT2D eigenvalue weighted by molar-refractivity contribution is 7.47. The second-order valence-electron chi connectivity index (χ2n) is 26.2. The average molecular weight is 1500 g/mol. The van der Waals surface area contributed by atoms with Gasteiger partial charge in [0.2, 0.25) is 0 Å². The molecule has 0 heterocycles. The molecule has 0 aromatic carbocycles. The van der Waals surface area contributed by atoms with Gasteiger partial charge in [-0.05, 0) is 148 Å². The van der Waals surface area contributed by atoms with Crippen molar-refractivity contribution in [2.24, 2.45) is 0 Å². The molecule has 0 aromatic rings. The zero-order valence-corrected chi connectivity index (χ0v) is 66.7. The fourth-order valence-corrected chi connectivity index (χ4v) is 11.8. The van der Waals surface area contributed by atoms with E-state index in [1.807, 2.05) is 0 Å². The van der Waals surface area contributed by atoms with Gasteiger partial charge in [-0.1, -0.05) is 283 Å². The maximum absolute atomic E-state index is 13.1. The Morgan fingerprint density at radius 1 is 0.279 bits per heavy atom. The summed E-state index contributed by atoms with van der Waals surface area (Å²) in [6, 6.07) is 0. The van der Waals surface area contributed by atoms with E-state index in [1.165, 1.54) is 57.8 Å². The first-order valence-electron chi connectivity index (χ1n) is 40.1. The van der Waals surface area contributed by atoms with Crippen molar-refractivity contribution in [1.29, 1.82) is 0 Å². The molecule has 0 saturated carbocycles. The number of phosphoric ester groups is 2. The lowest BCUT2D eigenvalue weighted by molar-refractivity contribution is -0.161. The van der Waals surface area contributed by atoms with E-state index in [0.717, 1.165) is 167 Å². The van der Waals surface area contributed by atoms with Crippen molar-refractivity contribution in [3.05, 3.63) is 146 Å². The number of hydrogen-bond donors (Lipinski definition) is 3. The number of ether oxygens (including phenoxy) is 4. The predicted octanol–water partition coefficient (Wildman–Crippen LogP) is 23.4. The quantitative estimate of drug-likeness (QED) is 0.0169. The van der Waals surface area contributed by atoms with Crippen molar-refractivity contribution in [2.75, 3.05) is 39.6 Å². The highest BCUT2D eigenvalue weighted by Gasteiger charge is 2.30. The third-order valence-corrected chi connectivity index (χ3v) is 18.2. The Labute approximate surface area is 630 Å². The summed E-state index contributed by atoms with van der Waals surface area (Å²) in [5.74, 6) is -2.27. The number of esters is 4. The highest BCUT2D eigenvalue weighted by atomic mass is 31.2. The fourth-order valence-electron chi connectivity index (χ4n) is 10.2. The molecule has 104 heavy (non-hydrogen) atoms. The molecule has 3 N–H and O–H groups in total. The summed E-state index contributed by atoms with van der Waals surface area (Å²) < 4.78 is 68.5. The number of hydrogen-bond acceptors (Lipinski definition) is 15. The summed E-state index contributed by atoms with van der Waals surface area (Å²) in [6.07, 6.45) is 86.9. The third-order valence-electron chi connectivity index (χ3n) is 16.3. The van der Waals surface area contributed by atoms with Gasteiger partial charge in [0.15, 0.2) is 12.2 Å². The van der Waals surface area contributed by atoms with Crippen LogP contribution in [0.15, 0.2) is 146 Å². The minimum absolute atomic E-state index is 0.0308. The lowest BCUT2D eigenvalue weighted by Crippen LogP contribution is -2.30. The molecule has 0 radical (unpaired) electrons. The summed E-state index contributed by atoms with van der Waals surface area (Å²) in [7, 11) is -9.99. The molecule has 0 aliphatic rings. The van der Waals surface area contributed by atoms with Crippen LogP contribution < -0.4 is 0 Å². The van der Waals surface area contributed by atoms with Gasteiger partial charge >= 0.3 is 39.5 Å². The van der Waals surface area contributed by atoms with Gasteiger partial charge in [-0.2, -0.15) is 0 Å². The molecule has 594 valence electrons. The summed E-state index contributed by atoms with van der Waals surface area (Å²) in [6.45, 7) is 4.51. The molecule has 5 unspecified atom stereocenters. The van der Waals surface area contributed by atoms with E-state index in [1.54, 1.807) is 0 Å². The lowest BCUT2D eigenvalue weighted by atomic mass is 10.1. The van der Waals surface area contributed by atoms with Gasteiger partial charge < -0.3 is 33.8 Å². The van der Waals surface area contributed by atoms with Gasteiger partial charge in [0.25, 0.3) is 0 Å². The van der Waals surface area contributed by atoms with Gasteiger partial charge in [-0.3, -0.25) is 37.3 Å². The number of aliphatic hydroxyl groups excluding tert-OH is 1. The first-order valence-corrected chi connectivity index (χ1v) is 43.1. The maximum Gasteiger partial charge on any atom is 0.472 e. The second-order valence-corrected chi connectivity index (χ2v) is 29.2. The van der Waals surface area contributed by atoms with Crippen molar-refractivity contribution in [2.45, 2.75) is 329 Å². The van der Waals surface area contributed by atoms with Crippen molar-refractivity contribution < 1.29 is 80.2 Å². The lowest BCUT2D eigenvalue weighted by Gasteiger charge is -2.21. The maximum atomic E-state index is 13.1. The van der Waals surface area contributed by atoms with Crippen LogP contribution in [0.4, 0.5) is 0 Å². The molecule has 0 aromatic heterocycles. The van der Waals surface area contributed by atoms with Crippen LogP contribution in [0.3, 0.4) is 0 Å². The number of unbranched alkanes of at least 4 members (excludes halogenated alkanes) is 24. The average Bonchev–Trinajstić information content (AvgIpc) is 0.929. The molecular formula is C85H142O17P2. The van der Waals surface area contributed by atoms with E-state index in [-0.39, 0.29) is 25.7 Å². The van der Waals surface area contributed by atoms with Crippen LogP contribution >= 0.6 is 15.6 Å². The summed E-state index contributed by atoms with van der Waals surface area (Å²) >= 11 is 0. The largest absolute Gasteiger partial charge is 0.472 e. The van der Waals surface area contributed by atoms with Crippen molar-refractivity contribution >= 4 is 39.5 Å². The molecule has 0 fully saturated rings. The first kappa shape index (κ1) is 98.9. The Morgan fingerprint density at radius 3 is 0.817 bits per heavy atom. The molecule has 19 heteroatoms. The molecule has 0 spiro atoms. The van der Waals surface area contributed by atoms with E-state index in [0.29, 0.717) is 32.1 Å². The van der Waals surface area contributed by atoms with E-state index in [4.69, 9.17) is 37.0 Å². The topological polar surface area (TPSA) is 237 Å². The Hall–Kier alpha value is -5.06. The minimum atomic E-state index is -5.00. The third kappa shape index (κ3) is 75.2. The van der Waals surface area contributed by atoms with Crippen LogP contribution in [0.2, 0.25) is 0 Å². The second kappa shape index (κ2) is 76.1. The number of carbonyl (C=O) groups is 4. The van der Waals surface area contributed by atoms with Crippen molar-refractivity contribution in [3.63, 3.8) is 0 Å². The van der Waals surface area contributed by atoms with E-state index < -0.39 is 97.5 Å². The van der Waals surface area contributed by atoms with Gasteiger partial charge in [-0.25, -0.2) is 9.13 Å². The summed E-state index contributed by atoms with van der Waals surface area (Å²) in [5.41, 5.74) is 0. The molecule has 0 rings (SSSR count). The molecule has 17 nitrogen and oxygen atoms in total. The zero-order valence-electron chi connectivity index (χ0n) is 64.9. The van der Waals surface area contributed by atoms with Gasteiger partial charge in [0.05, 0.1) is 26.4 Å². The molecule has 0 saturated heterocycles. The molecular weight excluding hydrogens is 1350 g/mol. The minimum Gasteiger partial charge on any atom is -0.462 e. The van der Waals surface area contributed by atoms with E-state index in [2.05, 4.69) is 174 Å². The Kier molecular flexibility index (Phi) is 72.4. The number of aliphatic hydroxyl groups is 1. The van der Waals surface area contributed by atoms with Crippen LogP contribution in [0.25, 0.3) is 0 Å².